The number of fused-ring (bicyclic) bond motifs is 2. The molecule has 1 N–H and O–H groups in total. The van der Waals surface area contributed by atoms with Gasteiger partial charge in [-0.05, 0) is 30.7 Å². The van der Waals surface area contributed by atoms with Crippen LogP contribution in [-0.4, -0.2) is 50.6 Å². The number of H-pyrrole nitrogens is 1. The molecule has 0 fully saturated rings. The van der Waals surface area contributed by atoms with E-state index < -0.39 is 0 Å². The maximum Gasteiger partial charge on any atom is 0.261 e. The number of amides is 1. The fraction of sp³-hybridized carbons (Fsp3) is 0.261. The van der Waals surface area contributed by atoms with Crippen molar-refractivity contribution in [2.45, 2.75) is 20.0 Å². The number of rotatable bonds is 7. The molecule has 4 aromatic rings. The van der Waals surface area contributed by atoms with Gasteiger partial charge in [0.2, 0.25) is 5.91 Å². The molecule has 0 spiro atoms. The molecule has 4 rings (SSSR count). The minimum absolute atomic E-state index is 0.0805. The number of aromatic amines is 1. The first-order valence-corrected chi connectivity index (χ1v) is 10.2. The second-order valence-corrected chi connectivity index (χ2v) is 7.49. The van der Waals surface area contributed by atoms with E-state index in [1.165, 1.54) is 15.8 Å². The molecule has 0 aliphatic heterocycles. The summed E-state index contributed by atoms with van der Waals surface area (Å²) in [5, 5.41) is 0.944. The maximum atomic E-state index is 13.1. The van der Waals surface area contributed by atoms with Gasteiger partial charge in [0.25, 0.3) is 11.1 Å². The van der Waals surface area contributed by atoms with Gasteiger partial charge in [-0.2, -0.15) is 0 Å². The van der Waals surface area contributed by atoms with Crippen molar-refractivity contribution < 1.29 is 9.53 Å². The SMILES string of the molecule is COCCN(Cc1nc2ccccc2c(=O)[nH]1)C(=O)Cn1cnc2c(C)cccc2c1=O. The summed E-state index contributed by atoms with van der Waals surface area (Å²) in [6.45, 7) is 2.36. The number of hydrogen-bond donors (Lipinski definition) is 1. The number of nitrogens with one attached hydrogen (secondary N) is 1. The average Bonchev–Trinajstić information content (AvgIpc) is 2.79. The van der Waals surface area contributed by atoms with Gasteiger partial charge in [-0.15, -0.1) is 0 Å². The Morgan fingerprint density at radius 3 is 2.72 bits per heavy atom. The fourth-order valence-electron chi connectivity index (χ4n) is 3.58. The lowest BCUT2D eigenvalue weighted by molar-refractivity contribution is -0.133. The Morgan fingerprint density at radius 1 is 1.12 bits per heavy atom. The summed E-state index contributed by atoms with van der Waals surface area (Å²) in [5.41, 5.74) is 1.52. The number of nitrogens with zero attached hydrogens (tertiary/aromatic N) is 4. The van der Waals surface area contributed by atoms with E-state index >= 15 is 0 Å². The summed E-state index contributed by atoms with van der Waals surface area (Å²) in [4.78, 5) is 51.4. The summed E-state index contributed by atoms with van der Waals surface area (Å²) in [6, 6.07) is 12.4. The van der Waals surface area contributed by atoms with E-state index in [0.29, 0.717) is 34.2 Å². The Balaban J connectivity index is 1.62. The van der Waals surface area contributed by atoms with Crippen LogP contribution in [0.4, 0.5) is 0 Å². The van der Waals surface area contributed by atoms with Crippen LogP contribution in [0.3, 0.4) is 0 Å². The third-order valence-corrected chi connectivity index (χ3v) is 5.28. The standard InChI is InChI=1S/C23H23N5O4/c1-15-6-5-8-17-21(15)24-14-28(23(17)31)13-20(29)27(10-11-32-2)12-19-25-18-9-4-3-7-16(18)22(30)26-19/h3-9,14H,10-13H2,1-2H3,(H,25,26,30). The molecule has 2 aromatic heterocycles. The normalized spacial score (nSPS) is 11.2. The van der Waals surface area contributed by atoms with Gasteiger partial charge in [0.05, 0.1) is 41.3 Å². The number of ether oxygens (including phenoxy) is 1. The molecule has 0 aliphatic carbocycles. The highest BCUT2D eigenvalue weighted by atomic mass is 16.5. The molecule has 164 valence electrons. The van der Waals surface area contributed by atoms with Gasteiger partial charge in [-0.3, -0.25) is 19.0 Å². The van der Waals surface area contributed by atoms with Gasteiger partial charge in [0, 0.05) is 13.7 Å². The van der Waals surface area contributed by atoms with E-state index in [-0.39, 0.29) is 36.7 Å². The van der Waals surface area contributed by atoms with E-state index in [4.69, 9.17) is 4.74 Å². The summed E-state index contributed by atoms with van der Waals surface area (Å²) >= 11 is 0. The topological polar surface area (TPSA) is 110 Å². The van der Waals surface area contributed by atoms with E-state index in [1.807, 2.05) is 13.0 Å². The number of aromatic nitrogens is 4. The van der Waals surface area contributed by atoms with Crippen molar-refractivity contribution in [3.05, 3.63) is 80.9 Å². The Morgan fingerprint density at radius 2 is 1.91 bits per heavy atom. The van der Waals surface area contributed by atoms with Gasteiger partial charge in [-0.25, -0.2) is 9.97 Å². The lowest BCUT2D eigenvalue weighted by Gasteiger charge is -2.22. The Bertz CT molecular complexity index is 1410. The number of para-hydroxylation sites is 2. The largest absolute Gasteiger partial charge is 0.383 e. The molecule has 32 heavy (non-hydrogen) atoms. The van der Waals surface area contributed by atoms with Crippen molar-refractivity contribution in [1.82, 2.24) is 24.4 Å². The molecule has 2 heterocycles. The number of carbonyl (C=O) groups excluding carboxylic acids is 1. The second kappa shape index (κ2) is 9.11. The van der Waals surface area contributed by atoms with Crippen LogP contribution >= 0.6 is 0 Å². The van der Waals surface area contributed by atoms with Crippen LogP contribution in [0.15, 0.2) is 58.4 Å². The summed E-state index contributed by atoms with van der Waals surface area (Å²) < 4.78 is 6.42. The van der Waals surface area contributed by atoms with Crippen LogP contribution in [0.1, 0.15) is 11.4 Å². The quantitative estimate of drug-likeness (QED) is 0.474. The predicted octanol–water partition coefficient (Wildman–Crippen LogP) is 1.62. The molecule has 0 aliphatic rings. The minimum atomic E-state index is -0.311. The fourth-order valence-corrected chi connectivity index (χ4v) is 3.58. The number of aryl methyl sites for hydroxylation is 1. The molecule has 0 saturated heterocycles. The van der Waals surface area contributed by atoms with E-state index in [9.17, 15) is 14.4 Å². The summed E-state index contributed by atoms with van der Waals surface area (Å²) in [7, 11) is 1.54. The van der Waals surface area contributed by atoms with Crippen LogP contribution < -0.4 is 11.1 Å². The van der Waals surface area contributed by atoms with Gasteiger partial charge < -0.3 is 14.6 Å². The zero-order valence-electron chi connectivity index (χ0n) is 17.9. The average molecular weight is 433 g/mol. The van der Waals surface area contributed by atoms with Crippen molar-refractivity contribution in [3.63, 3.8) is 0 Å². The molecular weight excluding hydrogens is 410 g/mol. The molecule has 0 saturated carbocycles. The van der Waals surface area contributed by atoms with Crippen molar-refractivity contribution in [3.8, 4) is 0 Å². The molecule has 9 nitrogen and oxygen atoms in total. The molecule has 9 heteroatoms. The molecular formula is C23H23N5O4. The van der Waals surface area contributed by atoms with Gasteiger partial charge in [-0.1, -0.05) is 24.3 Å². The Labute approximate surface area is 183 Å². The number of hydrogen-bond acceptors (Lipinski definition) is 6. The highest BCUT2D eigenvalue weighted by molar-refractivity contribution is 5.81. The van der Waals surface area contributed by atoms with E-state index in [1.54, 1.807) is 43.5 Å². The van der Waals surface area contributed by atoms with Gasteiger partial charge in [0.15, 0.2) is 0 Å². The smallest absolute Gasteiger partial charge is 0.261 e. The Kier molecular flexibility index (Phi) is 6.09. The first-order chi connectivity index (χ1) is 15.5. The van der Waals surface area contributed by atoms with Gasteiger partial charge >= 0.3 is 0 Å². The van der Waals surface area contributed by atoms with Crippen molar-refractivity contribution >= 4 is 27.7 Å². The molecule has 0 radical (unpaired) electrons. The molecule has 1 amide bonds. The van der Waals surface area contributed by atoms with Crippen molar-refractivity contribution in [2.24, 2.45) is 0 Å². The van der Waals surface area contributed by atoms with Crippen LogP contribution in [0.2, 0.25) is 0 Å². The number of benzene rings is 2. The van der Waals surface area contributed by atoms with Crippen molar-refractivity contribution in [1.29, 1.82) is 0 Å². The van der Waals surface area contributed by atoms with Crippen LogP contribution in [0.5, 0.6) is 0 Å². The van der Waals surface area contributed by atoms with Gasteiger partial charge in [0.1, 0.15) is 12.4 Å². The highest BCUT2D eigenvalue weighted by Crippen LogP contribution is 2.12. The third kappa shape index (κ3) is 4.28. The maximum absolute atomic E-state index is 13.1. The highest BCUT2D eigenvalue weighted by Gasteiger charge is 2.18. The first-order valence-electron chi connectivity index (χ1n) is 10.2. The van der Waals surface area contributed by atoms with E-state index in [0.717, 1.165) is 5.56 Å². The monoisotopic (exact) mass is 433 g/mol. The molecule has 0 bridgehead atoms. The lowest BCUT2D eigenvalue weighted by atomic mass is 10.1. The summed E-state index contributed by atoms with van der Waals surface area (Å²) in [6.07, 6.45) is 1.39. The number of carbonyl (C=O) groups is 1. The third-order valence-electron chi connectivity index (χ3n) is 5.28. The van der Waals surface area contributed by atoms with E-state index in [2.05, 4.69) is 15.0 Å². The molecule has 2 aromatic carbocycles. The zero-order chi connectivity index (χ0) is 22.7. The van der Waals surface area contributed by atoms with Crippen LogP contribution in [0.25, 0.3) is 21.8 Å². The second-order valence-electron chi connectivity index (χ2n) is 7.49. The molecule has 0 unspecified atom stereocenters. The number of methoxy groups -OCH3 is 1. The Hall–Kier alpha value is -3.85. The van der Waals surface area contributed by atoms with Crippen molar-refractivity contribution in [2.75, 3.05) is 20.3 Å². The lowest BCUT2D eigenvalue weighted by Crippen LogP contribution is -2.39. The summed E-state index contributed by atoms with van der Waals surface area (Å²) in [5.74, 6) is 0.0477. The molecule has 0 atom stereocenters. The van der Waals surface area contributed by atoms with Crippen LogP contribution in [0, 0.1) is 6.92 Å². The van der Waals surface area contributed by atoms with Crippen LogP contribution in [-0.2, 0) is 22.6 Å². The zero-order valence-corrected chi connectivity index (χ0v) is 17.9. The first kappa shape index (κ1) is 21.4. The predicted molar refractivity (Wildman–Crippen MR) is 120 cm³/mol. The minimum Gasteiger partial charge on any atom is -0.383 e.